The van der Waals surface area contributed by atoms with Gasteiger partial charge in [0.15, 0.2) is 9.79 Å². The van der Waals surface area contributed by atoms with E-state index in [1.807, 2.05) is 36.4 Å². The molecule has 0 aromatic heterocycles. The van der Waals surface area contributed by atoms with Crippen LogP contribution in [0.3, 0.4) is 0 Å². The number of fused-ring (bicyclic) bond motifs is 2. The molecule has 2 aromatic carbocycles. The van der Waals surface area contributed by atoms with Gasteiger partial charge in [-0.15, -0.1) is 0 Å². The molecule has 1 aliphatic heterocycles. The van der Waals surface area contributed by atoms with Crippen LogP contribution in [0.15, 0.2) is 52.3 Å². The topological polar surface area (TPSA) is 86.7 Å². The first kappa shape index (κ1) is 17.3. The van der Waals surface area contributed by atoms with E-state index in [0.29, 0.717) is 25.2 Å². The Balaban J connectivity index is 1.63. The Morgan fingerprint density at radius 1 is 1.08 bits per heavy atom. The van der Waals surface area contributed by atoms with Crippen LogP contribution in [0, 0.1) is 0 Å². The summed E-state index contributed by atoms with van der Waals surface area (Å²) in [6.45, 7) is 0.369. The second-order valence-electron chi connectivity index (χ2n) is 5.66. The zero-order valence-electron chi connectivity index (χ0n) is 13.0. The molecule has 1 aliphatic rings. The smallest absolute Gasteiger partial charge is 0.264 e. The molecule has 1 heterocycles. The molecule has 0 radical (unpaired) electrons. The summed E-state index contributed by atoms with van der Waals surface area (Å²) < 4.78 is 48.2. The van der Waals surface area contributed by atoms with Gasteiger partial charge in [0.05, 0.1) is 12.4 Å². The predicted octanol–water partition coefficient (Wildman–Crippen LogP) is 2.80. The van der Waals surface area contributed by atoms with Crippen molar-refractivity contribution in [2.45, 2.75) is 29.1 Å². The van der Waals surface area contributed by atoms with Crippen molar-refractivity contribution in [2.24, 2.45) is 0 Å². The molecule has 0 fully saturated rings. The van der Waals surface area contributed by atoms with Crippen molar-refractivity contribution in [3.63, 3.8) is 0 Å². The molecule has 0 spiro atoms. The Morgan fingerprint density at radius 3 is 2.62 bits per heavy atom. The van der Waals surface area contributed by atoms with E-state index in [0.717, 1.165) is 27.3 Å². The lowest BCUT2D eigenvalue weighted by atomic mass is 10.0. The van der Waals surface area contributed by atoms with Crippen molar-refractivity contribution in [3.05, 3.63) is 53.6 Å². The van der Waals surface area contributed by atoms with Crippen molar-refractivity contribution >= 4 is 21.3 Å². The summed E-state index contributed by atoms with van der Waals surface area (Å²) in [5.41, 5.74) is 2.05. The summed E-state index contributed by atoms with van der Waals surface area (Å²) in [6, 6.07) is 13.2. The highest BCUT2D eigenvalue weighted by Crippen LogP contribution is 2.35. The molecule has 1 unspecified atom stereocenters. The van der Waals surface area contributed by atoms with Crippen LogP contribution < -0.4 is 4.74 Å². The summed E-state index contributed by atoms with van der Waals surface area (Å²) in [6.07, 6.45) is 1.60. The minimum Gasteiger partial charge on any atom is -0.606 e. The van der Waals surface area contributed by atoms with Crippen LogP contribution in [0.25, 0.3) is 0 Å². The number of unbranched alkanes of at least 4 members (excludes halogenated alkanes) is 1. The summed E-state index contributed by atoms with van der Waals surface area (Å²) in [4.78, 5) is 1.68. The van der Waals surface area contributed by atoms with Crippen LogP contribution in [0.5, 0.6) is 5.75 Å². The van der Waals surface area contributed by atoms with E-state index < -0.39 is 21.3 Å². The van der Waals surface area contributed by atoms with Gasteiger partial charge in [0, 0.05) is 28.7 Å². The second-order valence-corrected chi connectivity index (χ2v) is 8.65. The summed E-state index contributed by atoms with van der Waals surface area (Å²) in [5, 5.41) is 0. The normalized spacial score (nSPS) is 16.3. The molecule has 2 aromatic rings. The Morgan fingerprint density at radius 2 is 1.83 bits per heavy atom. The average Bonchev–Trinajstić information content (AvgIpc) is 2.53. The Hall–Kier alpha value is -1.54. The molecule has 0 bridgehead atoms. The first-order valence-electron chi connectivity index (χ1n) is 7.64. The van der Waals surface area contributed by atoms with Crippen LogP contribution in [0.1, 0.15) is 24.0 Å². The molecule has 0 saturated heterocycles. The monoisotopic (exact) mass is 366 g/mol. The first-order valence-corrected chi connectivity index (χ1v) is 10.4. The van der Waals surface area contributed by atoms with Crippen molar-refractivity contribution in [1.82, 2.24) is 0 Å². The van der Waals surface area contributed by atoms with Gasteiger partial charge in [-0.1, -0.05) is 18.2 Å². The number of benzene rings is 2. The van der Waals surface area contributed by atoms with Crippen LogP contribution in [-0.2, 0) is 27.7 Å². The maximum absolute atomic E-state index is 12.6. The average molecular weight is 366 g/mol. The fraction of sp³-hybridized carbons (Fsp3) is 0.294. The van der Waals surface area contributed by atoms with Gasteiger partial charge in [0.2, 0.25) is 0 Å². The van der Waals surface area contributed by atoms with E-state index in [-0.39, 0.29) is 5.75 Å². The maximum Gasteiger partial charge on any atom is 0.264 e. The highest BCUT2D eigenvalue weighted by Gasteiger charge is 2.28. The molecule has 0 amide bonds. The van der Waals surface area contributed by atoms with Gasteiger partial charge >= 0.3 is 0 Å². The van der Waals surface area contributed by atoms with E-state index in [9.17, 15) is 13.0 Å². The molecule has 128 valence electrons. The predicted molar refractivity (Wildman–Crippen MR) is 91.5 cm³/mol. The summed E-state index contributed by atoms with van der Waals surface area (Å²) >= 11 is -1.17. The molecule has 7 heteroatoms. The van der Waals surface area contributed by atoms with E-state index >= 15 is 0 Å². The minimum atomic E-state index is -3.91. The number of hydrogen-bond donors (Lipinski definition) is 1. The first-order chi connectivity index (χ1) is 11.4. The highest BCUT2D eigenvalue weighted by atomic mass is 32.2. The Kier molecular flexibility index (Phi) is 5.15. The number of ether oxygens (including phenoxy) is 1. The minimum absolute atomic E-state index is 0.254. The van der Waals surface area contributed by atoms with Crippen LogP contribution >= 0.6 is 0 Å². The fourth-order valence-corrected chi connectivity index (χ4v) is 4.64. The zero-order valence-corrected chi connectivity index (χ0v) is 14.6. The van der Waals surface area contributed by atoms with E-state index in [1.165, 1.54) is 0 Å². The van der Waals surface area contributed by atoms with E-state index in [2.05, 4.69) is 0 Å². The van der Waals surface area contributed by atoms with Crippen molar-refractivity contribution < 1.29 is 22.3 Å². The van der Waals surface area contributed by atoms with Gasteiger partial charge in [0.1, 0.15) is 5.75 Å². The van der Waals surface area contributed by atoms with Gasteiger partial charge in [0.25, 0.3) is 10.1 Å². The highest BCUT2D eigenvalue weighted by molar-refractivity contribution is 7.91. The largest absolute Gasteiger partial charge is 0.606 e. The van der Waals surface area contributed by atoms with Gasteiger partial charge in [-0.2, -0.15) is 8.42 Å². The van der Waals surface area contributed by atoms with Gasteiger partial charge in [-0.3, -0.25) is 4.55 Å². The lowest BCUT2D eigenvalue weighted by Crippen LogP contribution is -2.14. The van der Waals surface area contributed by atoms with Gasteiger partial charge in [-0.25, -0.2) is 0 Å². The molecule has 0 saturated carbocycles. The summed E-state index contributed by atoms with van der Waals surface area (Å²) in [5.74, 6) is 0.424. The number of rotatable bonds is 6. The third-order valence-electron chi connectivity index (χ3n) is 3.85. The fourth-order valence-electron chi connectivity index (χ4n) is 2.70. The number of hydrogen-bond acceptors (Lipinski definition) is 4. The second kappa shape index (κ2) is 7.14. The van der Waals surface area contributed by atoms with E-state index in [1.54, 1.807) is 6.07 Å². The lowest BCUT2D eigenvalue weighted by Gasteiger charge is -2.22. The summed E-state index contributed by atoms with van der Waals surface area (Å²) in [7, 11) is -3.91. The molecular weight excluding hydrogens is 348 g/mol. The van der Waals surface area contributed by atoms with Crippen molar-refractivity contribution in [1.29, 1.82) is 0 Å². The molecular formula is C17H18O5S2. The zero-order chi connectivity index (χ0) is 17.2. The SMILES string of the molecule is O=S(=O)(O)CCCCOc1ccc2c(c1)Cc1ccccc1[S+]2[O-]. The Labute approximate surface area is 144 Å². The molecule has 3 rings (SSSR count). The van der Waals surface area contributed by atoms with Crippen LogP contribution in [0.2, 0.25) is 0 Å². The van der Waals surface area contributed by atoms with E-state index in [4.69, 9.17) is 9.29 Å². The van der Waals surface area contributed by atoms with Crippen molar-refractivity contribution in [3.8, 4) is 5.75 Å². The maximum atomic E-state index is 12.6. The lowest BCUT2D eigenvalue weighted by molar-refractivity contribution is 0.308. The van der Waals surface area contributed by atoms with Gasteiger partial charge in [-0.05, 0) is 37.1 Å². The molecule has 1 atom stereocenters. The molecule has 5 nitrogen and oxygen atoms in total. The molecule has 24 heavy (non-hydrogen) atoms. The standard InChI is InChI=1S/C17H18O5S2/c18-23-16-6-2-1-5-13(16)11-14-12-15(7-8-17(14)23)22-9-3-4-10-24(19,20)21/h1-2,5-8,12H,3-4,9-11H2,(H,19,20,21). The van der Waals surface area contributed by atoms with Crippen molar-refractivity contribution in [2.75, 3.05) is 12.4 Å². The third kappa shape index (κ3) is 4.10. The van der Waals surface area contributed by atoms with Crippen LogP contribution in [0.4, 0.5) is 0 Å². The Bertz CT molecular complexity index is 833. The third-order valence-corrected chi connectivity index (χ3v) is 6.25. The molecule has 0 aliphatic carbocycles. The quantitative estimate of drug-likeness (QED) is 0.483. The van der Waals surface area contributed by atoms with Crippen LogP contribution in [-0.4, -0.2) is 29.9 Å². The molecule has 1 N–H and O–H groups in total. The van der Waals surface area contributed by atoms with Gasteiger partial charge < -0.3 is 9.29 Å².